The molecule has 0 radical (unpaired) electrons. The number of hydrogen-bond acceptors (Lipinski definition) is 5. The van der Waals surface area contributed by atoms with Crippen LogP contribution in [0.15, 0.2) is 47.8 Å². The Morgan fingerprint density at radius 2 is 1.81 bits per heavy atom. The van der Waals surface area contributed by atoms with Crippen LogP contribution >= 0.6 is 11.3 Å². The number of amides is 1. The van der Waals surface area contributed by atoms with Gasteiger partial charge in [-0.2, -0.15) is 0 Å². The number of carbonyl (C=O) groups excluding carboxylic acids is 1. The van der Waals surface area contributed by atoms with E-state index in [0.717, 1.165) is 17.7 Å². The lowest BCUT2D eigenvalue weighted by Crippen LogP contribution is -2.11. The van der Waals surface area contributed by atoms with Crippen molar-refractivity contribution in [3.8, 4) is 22.8 Å². The van der Waals surface area contributed by atoms with Gasteiger partial charge in [-0.15, -0.1) is 11.3 Å². The molecule has 1 aromatic heterocycles. The molecule has 0 saturated carbocycles. The number of aryl methyl sites for hydroxylation is 1. The molecule has 134 valence electrons. The number of thiazole rings is 1. The standard InChI is InChI=1S/C20H20N2O3S/c1-4-13-5-7-14(8-6-13)19(23)22-20-21-16(12-26-20)15-9-10-17(24-2)18(11-15)25-3/h5-12H,4H2,1-3H3,(H,21,22,23). The predicted octanol–water partition coefficient (Wildman–Crippen LogP) is 4.64. The zero-order valence-electron chi connectivity index (χ0n) is 14.9. The maximum Gasteiger partial charge on any atom is 0.257 e. The molecule has 0 atom stereocenters. The Kier molecular flexibility index (Phi) is 5.53. The number of hydrogen-bond donors (Lipinski definition) is 1. The van der Waals surface area contributed by atoms with Gasteiger partial charge in [0, 0.05) is 16.5 Å². The second-order valence-corrected chi connectivity index (χ2v) is 6.47. The molecule has 26 heavy (non-hydrogen) atoms. The Morgan fingerprint density at radius 1 is 1.08 bits per heavy atom. The number of carbonyl (C=O) groups is 1. The molecule has 0 spiro atoms. The molecule has 0 aliphatic carbocycles. The molecule has 1 heterocycles. The van der Waals surface area contributed by atoms with Crippen molar-refractivity contribution in [2.24, 2.45) is 0 Å². The van der Waals surface area contributed by atoms with Crippen LogP contribution in [0.25, 0.3) is 11.3 Å². The van der Waals surface area contributed by atoms with Crippen LogP contribution in [0.2, 0.25) is 0 Å². The van der Waals surface area contributed by atoms with Gasteiger partial charge in [0.05, 0.1) is 19.9 Å². The quantitative estimate of drug-likeness (QED) is 0.688. The SMILES string of the molecule is CCc1ccc(C(=O)Nc2nc(-c3ccc(OC)c(OC)c3)cs2)cc1. The van der Waals surface area contributed by atoms with Crippen molar-refractivity contribution >= 4 is 22.4 Å². The first-order valence-electron chi connectivity index (χ1n) is 8.22. The summed E-state index contributed by atoms with van der Waals surface area (Å²) in [4.78, 5) is 16.9. The zero-order valence-corrected chi connectivity index (χ0v) is 15.7. The number of nitrogens with one attached hydrogen (secondary N) is 1. The molecule has 0 unspecified atom stereocenters. The summed E-state index contributed by atoms with van der Waals surface area (Å²) in [5, 5.41) is 5.30. The van der Waals surface area contributed by atoms with Gasteiger partial charge in [0.25, 0.3) is 5.91 Å². The first kappa shape index (κ1) is 17.9. The Morgan fingerprint density at radius 3 is 2.46 bits per heavy atom. The number of benzene rings is 2. The molecule has 5 nitrogen and oxygen atoms in total. The van der Waals surface area contributed by atoms with E-state index in [0.29, 0.717) is 22.2 Å². The van der Waals surface area contributed by atoms with E-state index in [1.54, 1.807) is 14.2 Å². The van der Waals surface area contributed by atoms with Crippen LogP contribution in [0.3, 0.4) is 0 Å². The fourth-order valence-electron chi connectivity index (χ4n) is 2.52. The van der Waals surface area contributed by atoms with Gasteiger partial charge in [-0.1, -0.05) is 19.1 Å². The van der Waals surface area contributed by atoms with E-state index in [9.17, 15) is 4.79 Å². The summed E-state index contributed by atoms with van der Waals surface area (Å²) in [6.45, 7) is 2.08. The zero-order chi connectivity index (χ0) is 18.5. The minimum Gasteiger partial charge on any atom is -0.493 e. The highest BCUT2D eigenvalue weighted by Gasteiger charge is 2.12. The van der Waals surface area contributed by atoms with Gasteiger partial charge in [0.15, 0.2) is 16.6 Å². The van der Waals surface area contributed by atoms with Crippen LogP contribution in [0.4, 0.5) is 5.13 Å². The Balaban J connectivity index is 1.76. The Bertz CT molecular complexity index is 904. The summed E-state index contributed by atoms with van der Waals surface area (Å²) < 4.78 is 10.6. The number of aromatic nitrogens is 1. The van der Waals surface area contributed by atoms with Crippen LogP contribution in [-0.4, -0.2) is 25.1 Å². The molecule has 0 bridgehead atoms. The highest BCUT2D eigenvalue weighted by molar-refractivity contribution is 7.14. The van der Waals surface area contributed by atoms with Crippen LogP contribution in [-0.2, 0) is 6.42 Å². The van der Waals surface area contributed by atoms with Crippen molar-refractivity contribution < 1.29 is 14.3 Å². The van der Waals surface area contributed by atoms with Gasteiger partial charge in [-0.05, 0) is 42.3 Å². The summed E-state index contributed by atoms with van der Waals surface area (Å²) >= 11 is 1.38. The highest BCUT2D eigenvalue weighted by atomic mass is 32.1. The van der Waals surface area contributed by atoms with Crippen molar-refractivity contribution in [2.75, 3.05) is 19.5 Å². The van der Waals surface area contributed by atoms with Gasteiger partial charge < -0.3 is 9.47 Å². The lowest BCUT2D eigenvalue weighted by molar-refractivity contribution is 0.102. The average molecular weight is 368 g/mol. The second kappa shape index (κ2) is 8.01. The Labute approximate surface area is 156 Å². The predicted molar refractivity (Wildman–Crippen MR) is 104 cm³/mol. The molecule has 0 aliphatic heterocycles. The van der Waals surface area contributed by atoms with E-state index in [2.05, 4.69) is 17.2 Å². The summed E-state index contributed by atoms with van der Waals surface area (Å²) in [6, 6.07) is 13.2. The van der Waals surface area contributed by atoms with Gasteiger partial charge >= 0.3 is 0 Å². The van der Waals surface area contributed by atoms with E-state index in [1.165, 1.54) is 16.9 Å². The van der Waals surface area contributed by atoms with Crippen LogP contribution in [0.5, 0.6) is 11.5 Å². The van der Waals surface area contributed by atoms with Crippen molar-refractivity contribution in [1.82, 2.24) is 4.98 Å². The molecular weight excluding hydrogens is 348 g/mol. The molecule has 3 aromatic rings. The minimum absolute atomic E-state index is 0.166. The second-order valence-electron chi connectivity index (χ2n) is 5.61. The molecule has 0 saturated heterocycles. The lowest BCUT2D eigenvalue weighted by Gasteiger charge is -2.08. The monoisotopic (exact) mass is 368 g/mol. The fraction of sp³-hybridized carbons (Fsp3) is 0.200. The smallest absolute Gasteiger partial charge is 0.257 e. The number of nitrogens with zero attached hydrogens (tertiary/aromatic N) is 1. The molecule has 0 aliphatic rings. The first-order chi connectivity index (χ1) is 12.6. The van der Waals surface area contributed by atoms with Crippen molar-refractivity contribution in [1.29, 1.82) is 0 Å². The van der Waals surface area contributed by atoms with E-state index in [4.69, 9.17) is 9.47 Å². The molecule has 1 N–H and O–H groups in total. The third-order valence-corrected chi connectivity index (χ3v) is 4.79. The average Bonchev–Trinajstić information content (AvgIpc) is 3.15. The van der Waals surface area contributed by atoms with Crippen molar-refractivity contribution in [3.05, 3.63) is 59.0 Å². The summed E-state index contributed by atoms with van der Waals surface area (Å²) in [6.07, 6.45) is 0.947. The normalized spacial score (nSPS) is 10.4. The fourth-order valence-corrected chi connectivity index (χ4v) is 3.24. The van der Waals surface area contributed by atoms with E-state index in [1.807, 2.05) is 47.8 Å². The number of anilines is 1. The van der Waals surface area contributed by atoms with Crippen LogP contribution in [0, 0.1) is 0 Å². The first-order valence-corrected chi connectivity index (χ1v) is 9.10. The summed E-state index contributed by atoms with van der Waals surface area (Å²) in [5.41, 5.74) is 3.48. The van der Waals surface area contributed by atoms with Gasteiger partial charge in [0.2, 0.25) is 0 Å². The lowest BCUT2D eigenvalue weighted by atomic mass is 10.1. The molecule has 6 heteroatoms. The molecule has 3 rings (SSSR count). The van der Waals surface area contributed by atoms with Crippen molar-refractivity contribution in [3.63, 3.8) is 0 Å². The number of ether oxygens (including phenoxy) is 2. The van der Waals surface area contributed by atoms with Gasteiger partial charge in [0.1, 0.15) is 0 Å². The largest absolute Gasteiger partial charge is 0.493 e. The number of methoxy groups -OCH3 is 2. The highest BCUT2D eigenvalue weighted by Crippen LogP contribution is 2.33. The molecule has 1 amide bonds. The summed E-state index contributed by atoms with van der Waals surface area (Å²) in [5.74, 6) is 1.14. The number of rotatable bonds is 6. The van der Waals surface area contributed by atoms with Crippen LogP contribution in [0.1, 0.15) is 22.8 Å². The molecule has 2 aromatic carbocycles. The van der Waals surface area contributed by atoms with Crippen molar-refractivity contribution in [2.45, 2.75) is 13.3 Å². The maximum atomic E-state index is 12.4. The van der Waals surface area contributed by atoms with Gasteiger partial charge in [-0.3, -0.25) is 10.1 Å². The maximum absolute atomic E-state index is 12.4. The minimum atomic E-state index is -0.166. The Hall–Kier alpha value is -2.86. The topological polar surface area (TPSA) is 60.5 Å². The van der Waals surface area contributed by atoms with Gasteiger partial charge in [-0.25, -0.2) is 4.98 Å². The third kappa shape index (κ3) is 3.86. The van der Waals surface area contributed by atoms with E-state index >= 15 is 0 Å². The van der Waals surface area contributed by atoms with Crippen LogP contribution < -0.4 is 14.8 Å². The van der Waals surface area contributed by atoms with E-state index < -0.39 is 0 Å². The summed E-state index contributed by atoms with van der Waals surface area (Å²) in [7, 11) is 3.19. The third-order valence-electron chi connectivity index (χ3n) is 4.03. The molecular formula is C20H20N2O3S. The molecule has 0 fully saturated rings. The van der Waals surface area contributed by atoms with E-state index in [-0.39, 0.29) is 5.91 Å².